The van der Waals surface area contributed by atoms with Gasteiger partial charge in [0.25, 0.3) is 0 Å². The number of carbonyl (C=O) groups is 1. The molecule has 0 aromatic rings. The summed E-state index contributed by atoms with van der Waals surface area (Å²) < 4.78 is 0. The van der Waals surface area contributed by atoms with E-state index in [0.717, 1.165) is 37.5 Å². The number of hydrogen-bond acceptors (Lipinski definition) is 2. The number of rotatable bonds is 2. The van der Waals surface area contributed by atoms with Gasteiger partial charge in [-0.3, -0.25) is 4.79 Å². The molecule has 3 fully saturated rings. The normalized spacial score (nSPS) is 50.5. The Labute approximate surface area is 154 Å². The quantitative estimate of drug-likeness (QED) is 0.534. The van der Waals surface area contributed by atoms with Gasteiger partial charge in [0.1, 0.15) is 5.78 Å². The monoisotopic (exact) mass is 394 g/mol. The van der Waals surface area contributed by atoms with E-state index in [2.05, 4.69) is 35.9 Å². The molecule has 4 rings (SSSR count). The summed E-state index contributed by atoms with van der Waals surface area (Å²) in [6, 6.07) is 0. The molecule has 4 aliphatic carbocycles. The summed E-state index contributed by atoms with van der Waals surface area (Å²) in [6.07, 6.45) is 11.4. The van der Waals surface area contributed by atoms with Crippen LogP contribution in [0.4, 0.5) is 0 Å². The van der Waals surface area contributed by atoms with Gasteiger partial charge in [-0.1, -0.05) is 41.4 Å². The van der Waals surface area contributed by atoms with Crippen LogP contribution >= 0.6 is 15.9 Å². The summed E-state index contributed by atoms with van der Waals surface area (Å²) in [5.74, 6) is 2.93. The Morgan fingerprint density at radius 3 is 2.75 bits per heavy atom. The fourth-order valence-electron chi connectivity index (χ4n) is 7.26. The van der Waals surface area contributed by atoms with E-state index in [1.54, 1.807) is 0 Å². The smallest absolute Gasteiger partial charge is 0.147 e. The highest BCUT2D eigenvalue weighted by atomic mass is 79.9. The second kappa shape index (κ2) is 5.94. The van der Waals surface area contributed by atoms with Crippen LogP contribution in [0.5, 0.6) is 0 Å². The number of hydrogen-bond donors (Lipinski definition) is 1. The molecule has 2 nitrogen and oxygen atoms in total. The molecule has 7 atom stereocenters. The van der Waals surface area contributed by atoms with E-state index in [0.29, 0.717) is 22.4 Å². The van der Waals surface area contributed by atoms with Crippen molar-refractivity contribution < 1.29 is 9.90 Å². The van der Waals surface area contributed by atoms with E-state index in [4.69, 9.17) is 0 Å². The van der Waals surface area contributed by atoms with Gasteiger partial charge in [-0.05, 0) is 80.0 Å². The number of carbonyl (C=O) groups excluding carboxylic acids is 1. The Balaban J connectivity index is 1.64. The Hall–Kier alpha value is -0.150. The molecule has 0 radical (unpaired) electrons. The van der Waals surface area contributed by atoms with Crippen LogP contribution in [-0.2, 0) is 4.79 Å². The Morgan fingerprint density at radius 2 is 2.00 bits per heavy atom. The molecule has 3 unspecified atom stereocenters. The molecule has 1 N–H and O–H groups in total. The summed E-state index contributed by atoms with van der Waals surface area (Å²) >= 11 is 3.41. The lowest BCUT2D eigenvalue weighted by atomic mass is 9.47. The zero-order valence-electron chi connectivity index (χ0n) is 15.1. The number of Topliss-reactive ketones (excluding diaryl/α,β-unsaturated/α-hetero) is 1. The van der Waals surface area contributed by atoms with Gasteiger partial charge in [-0.2, -0.15) is 0 Å². The van der Waals surface area contributed by atoms with Gasteiger partial charge < -0.3 is 5.11 Å². The number of fused-ring (bicyclic) bond motifs is 5. The highest BCUT2D eigenvalue weighted by molar-refractivity contribution is 9.09. The lowest BCUT2D eigenvalue weighted by molar-refractivity contribution is -0.127. The molecular weight excluding hydrogens is 364 g/mol. The van der Waals surface area contributed by atoms with Crippen LogP contribution in [0.25, 0.3) is 0 Å². The molecular formula is C21H31BrO2. The third kappa shape index (κ3) is 2.33. The first-order chi connectivity index (χ1) is 11.4. The zero-order valence-corrected chi connectivity index (χ0v) is 16.6. The number of allylic oxidation sites excluding steroid dienone is 1. The number of aliphatic hydroxyl groups is 1. The van der Waals surface area contributed by atoms with Crippen molar-refractivity contribution in [3.63, 3.8) is 0 Å². The number of aliphatic hydroxyl groups excluding tert-OH is 1. The minimum atomic E-state index is -0.123. The topological polar surface area (TPSA) is 37.3 Å². The van der Waals surface area contributed by atoms with Crippen LogP contribution in [0, 0.1) is 34.5 Å². The van der Waals surface area contributed by atoms with Crippen molar-refractivity contribution >= 4 is 21.7 Å². The summed E-state index contributed by atoms with van der Waals surface area (Å²) in [5.41, 5.74) is 2.07. The molecule has 134 valence electrons. The lowest BCUT2D eigenvalue weighted by Gasteiger charge is -2.57. The molecule has 24 heavy (non-hydrogen) atoms. The van der Waals surface area contributed by atoms with E-state index >= 15 is 0 Å². The first-order valence-corrected chi connectivity index (χ1v) is 11.0. The first-order valence-electron chi connectivity index (χ1n) is 9.86. The second-order valence-electron chi connectivity index (χ2n) is 9.43. The zero-order chi connectivity index (χ0) is 17.1. The molecule has 0 amide bonds. The maximum atomic E-state index is 12.5. The third-order valence-electron chi connectivity index (χ3n) is 8.60. The molecule has 0 spiro atoms. The van der Waals surface area contributed by atoms with Crippen LogP contribution in [-0.4, -0.2) is 22.3 Å². The molecule has 0 saturated heterocycles. The van der Waals surface area contributed by atoms with Gasteiger partial charge in [0.2, 0.25) is 0 Å². The largest absolute Gasteiger partial charge is 0.393 e. The molecule has 0 aromatic heterocycles. The van der Waals surface area contributed by atoms with Crippen molar-refractivity contribution in [2.24, 2.45) is 34.5 Å². The van der Waals surface area contributed by atoms with E-state index in [1.165, 1.54) is 31.3 Å². The number of ketones is 1. The molecule has 3 saturated carbocycles. The van der Waals surface area contributed by atoms with Crippen molar-refractivity contribution in [3.8, 4) is 0 Å². The standard InChI is InChI=1S/C21H31BrO2/c1-20-9-7-14(23)11-13(20)3-4-15-16-5-6-18(19(24)12-22)21(16,2)10-8-17(15)20/h3,14-18,23H,4-12H2,1-2H3/t14-,15?,16?,17?,18+,20-,21-/m0/s1. The van der Waals surface area contributed by atoms with Crippen LogP contribution in [0.2, 0.25) is 0 Å². The highest BCUT2D eigenvalue weighted by Crippen LogP contribution is 2.66. The molecule has 0 heterocycles. The average Bonchev–Trinajstić information content (AvgIpc) is 2.92. The van der Waals surface area contributed by atoms with Crippen molar-refractivity contribution in [1.29, 1.82) is 0 Å². The molecule has 0 bridgehead atoms. The van der Waals surface area contributed by atoms with E-state index in [1.807, 2.05) is 0 Å². The van der Waals surface area contributed by atoms with Crippen LogP contribution < -0.4 is 0 Å². The first kappa shape index (κ1) is 17.3. The third-order valence-corrected chi connectivity index (χ3v) is 9.15. The predicted octanol–water partition coefficient (Wildman–Crippen LogP) is 4.89. The van der Waals surface area contributed by atoms with Gasteiger partial charge in [-0.15, -0.1) is 0 Å². The van der Waals surface area contributed by atoms with E-state index in [9.17, 15) is 9.90 Å². The molecule has 4 aliphatic rings. The van der Waals surface area contributed by atoms with Crippen LogP contribution in [0.15, 0.2) is 11.6 Å². The van der Waals surface area contributed by atoms with Gasteiger partial charge >= 0.3 is 0 Å². The van der Waals surface area contributed by atoms with Crippen molar-refractivity contribution in [2.75, 3.05) is 5.33 Å². The van der Waals surface area contributed by atoms with Crippen molar-refractivity contribution in [1.82, 2.24) is 0 Å². The molecule has 3 heteroatoms. The minimum absolute atomic E-state index is 0.123. The predicted molar refractivity (Wildman–Crippen MR) is 100 cm³/mol. The van der Waals surface area contributed by atoms with Crippen LogP contribution in [0.1, 0.15) is 65.2 Å². The van der Waals surface area contributed by atoms with E-state index in [-0.39, 0.29) is 17.4 Å². The summed E-state index contributed by atoms with van der Waals surface area (Å²) in [5, 5.41) is 10.6. The Bertz CT molecular complexity index is 570. The lowest BCUT2D eigenvalue weighted by Crippen LogP contribution is -2.51. The maximum Gasteiger partial charge on any atom is 0.147 e. The average molecular weight is 395 g/mol. The Morgan fingerprint density at radius 1 is 1.21 bits per heavy atom. The van der Waals surface area contributed by atoms with Gasteiger partial charge in [0.15, 0.2) is 0 Å². The molecule has 0 aromatic carbocycles. The molecule has 0 aliphatic heterocycles. The van der Waals surface area contributed by atoms with Gasteiger partial charge in [0.05, 0.1) is 11.4 Å². The van der Waals surface area contributed by atoms with E-state index < -0.39 is 0 Å². The van der Waals surface area contributed by atoms with Gasteiger partial charge in [-0.25, -0.2) is 0 Å². The van der Waals surface area contributed by atoms with Crippen molar-refractivity contribution in [2.45, 2.75) is 71.3 Å². The van der Waals surface area contributed by atoms with Gasteiger partial charge in [0, 0.05) is 5.92 Å². The number of alkyl halides is 1. The fourth-order valence-corrected chi connectivity index (χ4v) is 7.65. The summed E-state index contributed by atoms with van der Waals surface area (Å²) in [7, 11) is 0. The minimum Gasteiger partial charge on any atom is -0.393 e. The fraction of sp³-hybridized carbons (Fsp3) is 0.857. The van der Waals surface area contributed by atoms with Crippen LogP contribution in [0.3, 0.4) is 0 Å². The highest BCUT2D eigenvalue weighted by Gasteiger charge is 2.59. The Kier molecular flexibility index (Phi) is 4.28. The summed E-state index contributed by atoms with van der Waals surface area (Å²) in [6.45, 7) is 4.89. The second-order valence-corrected chi connectivity index (χ2v) is 9.99. The number of halogens is 1. The van der Waals surface area contributed by atoms with Crippen molar-refractivity contribution in [3.05, 3.63) is 11.6 Å². The summed E-state index contributed by atoms with van der Waals surface area (Å²) in [4.78, 5) is 12.5. The maximum absolute atomic E-state index is 12.5. The SMILES string of the molecule is C[C@]12CC[C@H](O)CC1=CCC1C2CC[C@@]2(C)C1CC[C@@H]2C(=O)CBr.